The third-order valence-corrected chi connectivity index (χ3v) is 2.08. The molecule has 0 fully saturated rings. The van der Waals surface area contributed by atoms with E-state index in [4.69, 9.17) is 0 Å². The molecule has 0 unspecified atom stereocenters. The van der Waals surface area contributed by atoms with Crippen LogP contribution >= 0.6 is 0 Å². The Labute approximate surface area is 105 Å². The van der Waals surface area contributed by atoms with Crippen LogP contribution in [0.5, 0.6) is 0 Å². The Morgan fingerprint density at radius 3 is 2.89 bits per heavy atom. The maximum atomic E-state index is 11.3. The molecular weight excluding hydrogens is 234 g/mol. The molecule has 1 rings (SSSR count). The molecule has 0 spiro atoms. The summed E-state index contributed by atoms with van der Waals surface area (Å²) in [5.41, 5.74) is 2.93. The van der Waals surface area contributed by atoms with Crippen LogP contribution in [0.2, 0.25) is 0 Å². The van der Waals surface area contributed by atoms with Crippen LogP contribution in [0.25, 0.3) is 0 Å². The highest BCUT2D eigenvalue weighted by Gasteiger charge is 2.04. The average molecular weight is 249 g/mol. The molecule has 1 aromatic carbocycles. The van der Waals surface area contributed by atoms with Gasteiger partial charge in [0.25, 0.3) is 5.69 Å². The van der Waals surface area contributed by atoms with E-state index in [1.54, 1.807) is 12.1 Å². The van der Waals surface area contributed by atoms with E-state index in [9.17, 15) is 14.9 Å². The first-order chi connectivity index (χ1) is 8.49. The molecule has 6 heteroatoms. The zero-order valence-corrected chi connectivity index (χ0v) is 10.3. The van der Waals surface area contributed by atoms with E-state index in [0.29, 0.717) is 12.0 Å². The molecule has 0 aliphatic rings. The summed E-state index contributed by atoms with van der Waals surface area (Å²) in [6, 6.07) is 6.02. The van der Waals surface area contributed by atoms with Crippen LogP contribution in [0.4, 0.5) is 5.69 Å². The number of benzene rings is 1. The van der Waals surface area contributed by atoms with E-state index in [0.717, 1.165) is 0 Å². The maximum absolute atomic E-state index is 11.3. The second kappa shape index (κ2) is 6.48. The fourth-order valence-corrected chi connectivity index (χ4v) is 1.31. The molecule has 0 heterocycles. The molecule has 6 nitrogen and oxygen atoms in total. The van der Waals surface area contributed by atoms with Crippen molar-refractivity contribution in [1.82, 2.24) is 5.43 Å². The predicted molar refractivity (Wildman–Crippen MR) is 68.3 cm³/mol. The van der Waals surface area contributed by atoms with Crippen molar-refractivity contribution >= 4 is 17.8 Å². The number of nitro benzene ring substituents is 1. The van der Waals surface area contributed by atoms with Crippen LogP contribution in [0.15, 0.2) is 29.4 Å². The standard InChI is InChI=1S/C12H15N3O3/c1-9(2)6-12(16)14-13-8-10-4-3-5-11(7-10)15(17)18/h3-5,7-9H,6H2,1-2H3,(H,14,16)/b13-8+. The number of hydrogen-bond acceptors (Lipinski definition) is 4. The zero-order valence-electron chi connectivity index (χ0n) is 10.3. The van der Waals surface area contributed by atoms with Crippen molar-refractivity contribution in [3.63, 3.8) is 0 Å². The number of hydrazone groups is 1. The number of carbonyl (C=O) groups excluding carboxylic acids is 1. The van der Waals surface area contributed by atoms with Crippen LogP contribution in [0.3, 0.4) is 0 Å². The molecule has 0 aliphatic carbocycles. The summed E-state index contributed by atoms with van der Waals surface area (Å²) in [5.74, 6) is 0.0877. The second-order valence-electron chi connectivity index (χ2n) is 4.24. The fourth-order valence-electron chi connectivity index (χ4n) is 1.31. The van der Waals surface area contributed by atoms with Gasteiger partial charge in [0, 0.05) is 24.1 Å². The number of non-ortho nitro benzene ring substituents is 1. The monoisotopic (exact) mass is 249 g/mol. The van der Waals surface area contributed by atoms with Crippen LogP contribution in [0, 0.1) is 16.0 Å². The minimum absolute atomic E-state index is 0.00698. The Balaban J connectivity index is 2.59. The zero-order chi connectivity index (χ0) is 13.5. The molecule has 0 bridgehead atoms. The Hall–Kier alpha value is -2.24. The minimum Gasteiger partial charge on any atom is -0.273 e. The van der Waals surface area contributed by atoms with Crippen molar-refractivity contribution in [2.45, 2.75) is 20.3 Å². The molecule has 96 valence electrons. The first kappa shape index (κ1) is 13.8. The lowest BCUT2D eigenvalue weighted by atomic mass is 10.1. The third-order valence-electron chi connectivity index (χ3n) is 2.08. The van der Waals surface area contributed by atoms with E-state index in [1.165, 1.54) is 18.3 Å². The summed E-state index contributed by atoms with van der Waals surface area (Å²) in [6.07, 6.45) is 1.78. The highest BCUT2D eigenvalue weighted by Crippen LogP contribution is 2.11. The van der Waals surface area contributed by atoms with E-state index in [-0.39, 0.29) is 17.5 Å². The Bertz CT molecular complexity index is 469. The van der Waals surface area contributed by atoms with Gasteiger partial charge in [-0.15, -0.1) is 0 Å². The van der Waals surface area contributed by atoms with Crippen LogP contribution in [-0.4, -0.2) is 17.0 Å². The number of carbonyl (C=O) groups is 1. The summed E-state index contributed by atoms with van der Waals surface area (Å²) in [7, 11) is 0. The Morgan fingerprint density at radius 1 is 1.56 bits per heavy atom. The molecule has 0 aromatic heterocycles. The van der Waals surface area contributed by atoms with Gasteiger partial charge in [0.1, 0.15) is 0 Å². The van der Waals surface area contributed by atoms with E-state index < -0.39 is 4.92 Å². The molecule has 0 saturated heterocycles. The number of nitrogens with zero attached hydrogens (tertiary/aromatic N) is 2. The molecule has 0 aliphatic heterocycles. The summed E-state index contributed by atoms with van der Waals surface area (Å²) < 4.78 is 0. The largest absolute Gasteiger partial charge is 0.273 e. The lowest BCUT2D eigenvalue weighted by molar-refractivity contribution is -0.384. The van der Waals surface area contributed by atoms with Gasteiger partial charge in [-0.2, -0.15) is 5.10 Å². The smallest absolute Gasteiger partial charge is 0.270 e. The maximum Gasteiger partial charge on any atom is 0.270 e. The molecular formula is C12H15N3O3. The third kappa shape index (κ3) is 4.73. The highest BCUT2D eigenvalue weighted by molar-refractivity contribution is 5.83. The van der Waals surface area contributed by atoms with Crippen molar-refractivity contribution in [1.29, 1.82) is 0 Å². The molecule has 0 radical (unpaired) electrons. The van der Waals surface area contributed by atoms with Crippen molar-refractivity contribution in [3.8, 4) is 0 Å². The van der Waals surface area contributed by atoms with E-state index in [2.05, 4.69) is 10.5 Å². The van der Waals surface area contributed by atoms with Crippen molar-refractivity contribution in [3.05, 3.63) is 39.9 Å². The first-order valence-corrected chi connectivity index (χ1v) is 5.55. The molecule has 0 saturated carbocycles. The number of hydrogen-bond donors (Lipinski definition) is 1. The van der Waals surface area contributed by atoms with Crippen molar-refractivity contribution in [2.75, 3.05) is 0 Å². The van der Waals surface area contributed by atoms with Gasteiger partial charge in [-0.1, -0.05) is 26.0 Å². The number of nitro groups is 1. The van der Waals surface area contributed by atoms with Gasteiger partial charge in [-0.3, -0.25) is 14.9 Å². The predicted octanol–water partition coefficient (Wildman–Crippen LogP) is 2.09. The summed E-state index contributed by atoms with van der Waals surface area (Å²) >= 11 is 0. The van der Waals surface area contributed by atoms with Crippen molar-refractivity contribution in [2.24, 2.45) is 11.0 Å². The van der Waals surface area contributed by atoms with Crippen LogP contribution < -0.4 is 5.43 Å². The fraction of sp³-hybridized carbons (Fsp3) is 0.333. The Kier molecular flexibility index (Phi) is 4.98. The minimum atomic E-state index is -0.477. The highest BCUT2D eigenvalue weighted by atomic mass is 16.6. The van der Waals surface area contributed by atoms with E-state index >= 15 is 0 Å². The normalized spacial score (nSPS) is 10.8. The second-order valence-corrected chi connectivity index (χ2v) is 4.24. The van der Waals surface area contributed by atoms with Gasteiger partial charge in [0.2, 0.25) is 5.91 Å². The van der Waals surface area contributed by atoms with Gasteiger partial charge < -0.3 is 0 Å². The SMILES string of the molecule is CC(C)CC(=O)N/N=C/c1cccc([N+](=O)[O-])c1. The summed E-state index contributed by atoms with van der Waals surface area (Å²) in [6.45, 7) is 3.87. The molecule has 1 N–H and O–H groups in total. The van der Waals surface area contributed by atoms with Crippen LogP contribution in [0.1, 0.15) is 25.8 Å². The number of nitrogens with one attached hydrogen (secondary N) is 1. The molecule has 18 heavy (non-hydrogen) atoms. The Morgan fingerprint density at radius 2 is 2.28 bits per heavy atom. The number of amides is 1. The van der Waals surface area contributed by atoms with Gasteiger partial charge in [0.05, 0.1) is 11.1 Å². The van der Waals surface area contributed by atoms with Gasteiger partial charge in [-0.05, 0) is 5.92 Å². The van der Waals surface area contributed by atoms with Gasteiger partial charge >= 0.3 is 0 Å². The van der Waals surface area contributed by atoms with Crippen molar-refractivity contribution < 1.29 is 9.72 Å². The lowest BCUT2D eigenvalue weighted by Crippen LogP contribution is -2.19. The first-order valence-electron chi connectivity index (χ1n) is 5.55. The lowest BCUT2D eigenvalue weighted by Gasteiger charge is -2.01. The van der Waals surface area contributed by atoms with Gasteiger partial charge in [-0.25, -0.2) is 5.43 Å². The number of rotatable bonds is 5. The quantitative estimate of drug-likeness (QED) is 0.492. The van der Waals surface area contributed by atoms with Gasteiger partial charge in [0.15, 0.2) is 0 Å². The van der Waals surface area contributed by atoms with E-state index in [1.807, 2.05) is 13.8 Å². The summed E-state index contributed by atoms with van der Waals surface area (Å²) in [5, 5.41) is 14.3. The molecule has 1 aromatic rings. The summed E-state index contributed by atoms with van der Waals surface area (Å²) in [4.78, 5) is 21.4. The van der Waals surface area contributed by atoms with Crippen LogP contribution in [-0.2, 0) is 4.79 Å². The molecule has 1 amide bonds. The molecule has 0 atom stereocenters. The average Bonchev–Trinajstić information content (AvgIpc) is 2.28. The topological polar surface area (TPSA) is 84.6 Å².